The summed E-state index contributed by atoms with van der Waals surface area (Å²) in [5.74, 6) is -3.36. The van der Waals surface area contributed by atoms with Gasteiger partial charge in [0.2, 0.25) is 11.7 Å². The van der Waals surface area contributed by atoms with E-state index in [2.05, 4.69) is 24.5 Å². The van der Waals surface area contributed by atoms with Gasteiger partial charge in [-0.3, -0.25) is 19.2 Å². The third-order valence-corrected chi connectivity index (χ3v) is 8.28. The second kappa shape index (κ2) is 10.9. The molecule has 0 bridgehead atoms. The number of ether oxygens (including phenoxy) is 1. The van der Waals surface area contributed by atoms with Crippen molar-refractivity contribution in [3.8, 4) is 0 Å². The summed E-state index contributed by atoms with van der Waals surface area (Å²) in [6.07, 6.45) is 5.89. The number of primary amides is 1. The van der Waals surface area contributed by atoms with Crippen LogP contribution in [0.25, 0.3) is 0 Å². The van der Waals surface area contributed by atoms with Gasteiger partial charge in [-0.2, -0.15) is 0 Å². The second-order valence-electron chi connectivity index (χ2n) is 12.4. The van der Waals surface area contributed by atoms with E-state index < -0.39 is 47.3 Å². The molecule has 2 aliphatic carbocycles. The predicted octanol–water partition coefficient (Wildman–Crippen LogP) is 3.03. The molecule has 1 heterocycles. The fourth-order valence-electron chi connectivity index (χ4n) is 6.37. The Morgan fingerprint density at radius 1 is 1.00 bits per heavy atom. The molecule has 1 saturated heterocycles. The van der Waals surface area contributed by atoms with Gasteiger partial charge in [0.05, 0.1) is 18.0 Å². The number of ketones is 2. The minimum Gasteiger partial charge on any atom is -0.444 e. The SMILES string of the molecule is CC(C)(C)OC(=O)N[C@H]1CCCCCCCC[C@@H](C(=O)C(N)=O)NC(=O)[C@H]2C(C[C@H]3[C@@H]2C3(C)C)C1=O. The van der Waals surface area contributed by atoms with Crippen molar-refractivity contribution in [3.05, 3.63) is 0 Å². The Labute approximate surface area is 214 Å². The van der Waals surface area contributed by atoms with Crippen LogP contribution >= 0.6 is 0 Å². The van der Waals surface area contributed by atoms with Gasteiger partial charge in [-0.25, -0.2) is 4.79 Å². The Balaban J connectivity index is 1.87. The minimum atomic E-state index is -1.07. The molecule has 0 aromatic rings. The normalized spacial score (nSPS) is 33.1. The van der Waals surface area contributed by atoms with Crippen LogP contribution in [-0.2, 0) is 23.9 Å². The van der Waals surface area contributed by atoms with Crippen molar-refractivity contribution < 1.29 is 28.7 Å². The molecule has 36 heavy (non-hydrogen) atoms. The number of amides is 3. The average Bonchev–Trinajstić information content (AvgIpc) is 3.09. The first-order chi connectivity index (χ1) is 16.7. The van der Waals surface area contributed by atoms with Crippen LogP contribution in [0.5, 0.6) is 0 Å². The van der Waals surface area contributed by atoms with Crippen LogP contribution in [0.1, 0.15) is 92.4 Å². The van der Waals surface area contributed by atoms with Gasteiger partial charge in [0.25, 0.3) is 5.91 Å². The van der Waals surface area contributed by atoms with E-state index in [4.69, 9.17) is 10.5 Å². The lowest BCUT2D eigenvalue weighted by Crippen LogP contribution is -2.52. The van der Waals surface area contributed by atoms with E-state index in [9.17, 15) is 24.0 Å². The van der Waals surface area contributed by atoms with Crippen LogP contribution in [-0.4, -0.2) is 47.2 Å². The Morgan fingerprint density at radius 2 is 1.58 bits per heavy atom. The van der Waals surface area contributed by atoms with Crippen molar-refractivity contribution in [3.63, 3.8) is 0 Å². The molecular formula is C27H43N3O6. The van der Waals surface area contributed by atoms with E-state index in [1.807, 2.05) is 0 Å². The van der Waals surface area contributed by atoms with E-state index >= 15 is 0 Å². The van der Waals surface area contributed by atoms with Gasteiger partial charge in [-0.1, -0.05) is 52.4 Å². The zero-order valence-electron chi connectivity index (χ0n) is 22.4. The zero-order chi connectivity index (χ0) is 26.8. The molecule has 0 radical (unpaired) electrons. The molecule has 3 rings (SSSR count). The van der Waals surface area contributed by atoms with Crippen molar-refractivity contribution >= 4 is 29.5 Å². The molecule has 0 aromatic heterocycles. The van der Waals surface area contributed by atoms with Crippen molar-refractivity contribution in [2.24, 2.45) is 34.8 Å². The summed E-state index contributed by atoms with van der Waals surface area (Å²) in [5.41, 5.74) is 4.48. The van der Waals surface area contributed by atoms with E-state index in [0.717, 1.165) is 32.1 Å². The maximum absolute atomic E-state index is 13.8. The van der Waals surface area contributed by atoms with Gasteiger partial charge in [-0.15, -0.1) is 0 Å². The first-order valence-corrected chi connectivity index (χ1v) is 13.4. The van der Waals surface area contributed by atoms with Gasteiger partial charge in [0, 0.05) is 5.92 Å². The Morgan fingerprint density at radius 3 is 2.17 bits per heavy atom. The summed E-state index contributed by atoms with van der Waals surface area (Å²) in [5, 5.41) is 5.57. The number of carbonyl (C=O) groups is 5. The molecule has 3 amide bonds. The molecule has 202 valence electrons. The van der Waals surface area contributed by atoms with Gasteiger partial charge in [0.15, 0.2) is 5.78 Å². The van der Waals surface area contributed by atoms with Crippen LogP contribution < -0.4 is 16.4 Å². The molecule has 3 fully saturated rings. The number of fused-ring (bicyclic) bond motifs is 3. The first kappa shape index (κ1) is 28.1. The lowest BCUT2D eigenvalue weighted by atomic mass is 9.78. The summed E-state index contributed by atoms with van der Waals surface area (Å²) >= 11 is 0. The summed E-state index contributed by atoms with van der Waals surface area (Å²) in [4.78, 5) is 64.1. The van der Waals surface area contributed by atoms with Crippen molar-refractivity contribution in [2.75, 3.05) is 0 Å². The monoisotopic (exact) mass is 505 g/mol. The molecule has 2 saturated carbocycles. The lowest BCUT2D eigenvalue weighted by Gasteiger charge is -2.30. The molecule has 6 atom stereocenters. The van der Waals surface area contributed by atoms with Gasteiger partial charge in [0.1, 0.15) is 5.60 Å². The number of nitrogens with two attached hydrogens (primary N) is 1. The Kier molecular flexibility index (Phi) is 8.51. The number of hydrogen-bond donors (Lipinski definition) is 3. The summed E-state index contributed by atoms with van der Waals surface area (Å²) in [6.45, 7) is 9.48. The van der Waals surface area contributed by atoms with Crippen molar-refractivity contribution in [1.82, 2.24) is 10.6 Å². The van der Waals surface area contributed by atoms with Crippen LogP contribution in [0.15, 0.2) is 0 Å². The van der Waals surface area contributed by atoms with Crippen LogP contribution in [0.2, 0.25) is 0 Å². The highest BCUT2D eigenvalue weighted by molar-refractivity contribution is 6.37. The lowest BCUT2D eigenvalue weighted by molar-refractivity contribution is -0.140. The molecule has 0 aromatic carbocycles. The quantitative estimate of drug-likeness (QED) is 0.503. The summed E-state index contributed by atoms with van der Waals surface area (Å²) in [6, 6.07) is -1.72. The van der Waals surface area contributed by atoms with Crippen LogP contribution in [0, 0.1) is 29.1 Å². The second-order valence-corrected chi connectivity index (χ2v) is 12.4. The zero-order valence-corrected chi connectivity index (χ0v) is 22.4. The standard InChI is InChI=1S/C27H43N3O6/c1-26(2,3)36-25(35)30-17-12-10-8-6-7-9-11-13-18(22(32)23(28)33)29-24(34)19-15(21(17)31)14-16-20(19)27(16,4)5/h15-20H,6-14H2,1-5H3,(H2,28,33)(H,29,34)(H,30,35)/t15?,16-,17-,18-,19-,20-/m0/s1. The van der Waals surface area contributed by atoms with Crippen LogP contribution in [0.3, 0.4) is 0 Å². The highest BCUT2D eigenvalue weighted by Crippen LogP contribution is 2.70. The van der Waals surface area contributed by atoms with Crippen molar-refractivity contribution in [1.29, 1.82) is 0 Å². The van der Waals surface area contributed by atoms with Gasteiger partial charge in [-0.05, 0) is 57.3 Å². The maximum Gasteiger partial charge on any atom is 0.408 e. The van der Waals surface area contributed by atoms with E-state index in [-0.39, 0.29) is 28.9 Å². The highest BCUT2D eigenvalue weighted by atomic mass is 16.6. The number of rotatable bonds is 3. The highest BCUT2D eigenvalue weighted by Gasteiger charge is 2.70. The maximum atomic E-state index is 13.8. The third-order valence-electron chi connectivity index (χ3n) is 8.28. The van der Waals surface area contributed by atoms with Gasteiger partial charge < -0.3 is 21.1 Å². The molecule has 0 spiro atoms. The van der Waals surface area contributed by atoms with E-state index in [0.29, 0.717) is 25.7 Å². The number of alkyl carbamates (subject to hydrolysis) is 1. The molecule has 4 N–H and O–H groups in total. The molecule has 9 heteroatoms. The van der Waals surface area contributed by atoms with E-state index in [1.54, 1.807) is 20.8 Å². The van der Waals surface area contributed by atoms with Gasteiger partial charge >= 0.3 is 6.09 Å². The minimum absolute atomic E-state index is 0.00800. The first-order valence-electron chi connectivity index (χ1n) is 13.4. The number of hydrogen-bond acceptors (Lipinski definition) is 6. The smallest absolute Gasteiger partial charge is 0.408 e. The number of carbonyl (C=O) groups excluding carboxylic acids is 5. The third kappa shape index (κ3) is 6.45. The van der Waals surface area contributed by atoms with Crippen LogP contribution in [0.4, 0.5) is 4.79 Å². The fourth-order valence-corrected chi connectivity index (χ4v) is 6.37. The molecular weight excluding hydrogens is 462 g/mol. The number of nitrogens with one attached hydrogen (secondary N) is 2. The molecule has 3 aliphatic rings. The summed E-state index contributed by atoms with van der Waals surface area (Å²) in [7, 11) is 0. The number of Topliss-reactive ketones (excluding diaryl/α,β-unsaturated/α-hetero) is 2. The molecule has 9 nitrogen and oxygen atoms in total. The fraction of sp³-hybridized carbons (Fsp3) is 0.815. The molecule has 1 unspecified atom stereocenters. The largest absolute Gasteiger partial charge is 0.444 e. The Bertz CT molecular complexity index is 892. The Hall–Kier alpha value is -2.45. The average molecular weight is 506 g/mol. The van der Waals surface area contributed by atoms with E-state index in [1.165, 1.54) is 0 Å². The summed E-state index contributed by atoms with van der Waals surface area (Å²) < 4.78 is 5.41. The topological polar surface area (TPSA) is 145 Å². The van der Waals surface area contributed by atoms with Crippen molar-refractivity contribution in [2.45, 2.75) is 110 Å². The molecule has 1 aliphatic heterocycles. The predicted molar refractivity (Wildman–Crippen MR) is 134 cm³/mol.